The highest BCUT2D eigenvalue weighted by atomic mass is 16.5. The predicted octanol–water partition coefficient (Wildman–Crippen LogP) is 3.61. The summed E-state index contributed by atoms with van der Waals surface area (Å²) in [5.41, 5.74) is 1.41. The van der Waals surface area contributed by atoms with Crippen molar-refractivity contribution in [2.45, 2.75) is 44.6 Å². The summed E-state index contributed by atoms with van der Waals surface area (Å²) >= 11 is 0. The van der Waals surface area contributed by atoms with Gasteiger partial charge < -0.3 is 15.2 Å². The van der Waals surface area contributed by atoms with Crippen LogP contribution in [-0.2, 0) is 22.4 Å². The molecule has 2 N–H and O–H groups in total. The van der Waals surface area contributed by atoms with E-state index in [0.29, 0.717) is 6.42 Å². The molecule has 28 heavy (non-hydrogen) atoms. The Morgan fingerprint density at radius 3 is 2.25 bits per heavy atom. The van der Waals surface area contributed by atoms with Gasteiger partial charge in [0.2, 0.25) is 5.91 Å². The molecule has 0 bridgehead atoms. The second-order valence-electron chi connectivity index (χ2n) is 7.57. The minimum Gasteiger partial charge on any atom is -0.497 e. The molecule has 1 unspecified atom stereocenters. The maximum Gasteiger partial charge on any atom is 0.326 e. The average molecular weight is 381 g/mol. The van der Waals surface area contributed by atoms with Crippen LogP contribution in [0.3, 0.4) is 0 Å². The predicted molar refractivity (Wildman–Crippen MR) is 107 cm³/mol. The molecule has 3 rings (SSSR count). The number of amides is 1. The Bertz CT molecular complexity index is 795. The van der Waals surface area contributed by atoms with E-state index >= 15 is 0 Å². The summed E-state index contributed by atoms with van der Waals surface area (Å²) in [5.74, 6) is -0.374. The SMILES string of the molecule is COc1ccc(CC2(C(=O)NC(Cc3ccccc3)C(=O)O)CCCC2)cc1. The highest BCUT2D eigenvalue weighted by Crippen LogP contribution is 2.41. The van der Waals surface area contributed by atoms with Crippen molar-refractivity contribution in [1.29, 1.82) is 0 Å². The van der Waals surface area contributed by atoms with Crippen molar-refractivity contribution in [3.8, 4) is 5.75 Å². The van der Waals surface area contributed by atoms with E-state index in [-0.39, 0.29) is 12.3 Å². The second kappa shape index (κ2) is 8.91. The Morgan fingerprint density at radius 2 is 1.68 bits per heavy atom. The summed E-state index contributed by atoms with van der Waals surface area (Å²) < 4.78 is 5.20. The Kier molecular flexibility index (Phi) is 6.34. The Hall–Kier alpha value is -2.82. The summed E-state index contributed by atoms with van der Waals surface area (Å²) in [5, 5.41) is 12.5. The van der Waals surface area contributed by atoms with Gasteiger partial charge in [0.25, 0.3) is 0 Å². The fourth-order valence-corrected chi connectivity index (χ4v) is 4.03. The van der Waals surface area contributed by atoms with Crippen LogP contribution in [0.1, 0.15) is 36.8 Å². The van der Waals surface area contributed by atoms with Crippen LogP contribution in [0.4, 0.5) is 0 Å². The number of carboxylic acids is 1. The standard InChI is InChI=1S/C23H27NO4/c1-28-19-11-9-18(10-12-19)16-23(13-5-6-14-23)22(27)24-20(21(25)26)15-17-7-3-2-4-8-17/h2-4,7-12,20H,5-6,13-16H2,1H3,(H,24,27)(H,25,26). The largest absolute Gasteiger partial charge is 0.497 e. The molecule has 0 aromatic heterocycles. The van der Waals surface area contributed by atoms with E-state index in [1.165, 1.54) is 0 Å². The van der Waals surface area contributed by atoms with Crippen LogP contribution < -0.4 is 10.1 Å². The van der Waals surface area contributed by atoms with Crippen molar-refractivity contribution in [3.05, 3.63) is 65.7 Å². The van der Waals surface area contributed by atoms with E-state index < -0.39 is 17.4 Å². The van der Waals surface area contributed by atoms with Crippen molar-refractivity contribution in [2.75, 3.05) is 7.11 Å². The van der Waals surface area contributed by atoms with Gasteiger partial charge in [-0.05, 0) is 42.5 Å². The Morgan fingerprint density at radius 1 is 1.04 bits per heavy atom. The van der Waals surface area contributed by atoms with Gasteiger partial charge in [-0.15, -0.1) is 0 Å². The monoisotopic (exact) mass is 381 g/mol. The molecule has 1 atom stereocenters. The molecule has 148 valence electrons. The van der Waals surface area contributed by atoms with Crippen LogP contribution in [0.15, 0.2) is 54.6 Å². The lowest BCUT2D eigenvalue weighted by atomic mass is 9.78. The first-order chi connectivity index (χ1) is 13.5. The van der Waals surface area contributed by atoms with Gasteiger partial charge in [-0.3, -0.25) is 4.79 Å². The first kappa shape index (κ1) is 19.9. The maximum atomic E-state index is 13.2. The molecule has 2 aromatic carbocycles. The molecule has 0 radical (unpaired) electrons. The Balaban J connectivity index is 1.74. The number of rotatable bonds is 8. The van der Waals surface area contributed by atoms with Gasteiger partial charge in [0.1, 0.15) is 11.8 Å². The van der Waals surface area contributed by atoms with Gasteiger partial charge in [0, 0.05) is 6.42 Å². The van der Waals surface area contributed by atoms with Crippen LogP contribution in [0.25, 0.3) is 0 Å². The molecular formula is C23H27NO4. The highest BCUT2D eigenvalue weighted by molar-refractivity contribution is 5.88. The van der Waals surface area contributed by atoms with Crippen molar-refractivity contribution >= 4 is 11.9 Å². The van der Waals surface area contributed by atoms with Crippen molar-refractivity contribution in [3.63, 3.8) is 0 Å². The van der Waals surface area contributed by atoms with E-state index in [1.807, 2.05) is 54.6 Å². The third kappa shape index (κ3) is 4.71. The third-order valence-electron chi connectivity index (χ3n) is 5.63. The van der Waals surface area contributed by atoms with Crippen molar-refractivity contribution < 1.29 is 19.4 Å². The van der Waals surface area contributed by atoms with E-state index in [0.717, 1.165) is 42.6 Å². The number of carboxylic acid groups (broad SMARTS) is 1. The molecule has 1 aliphatic rings. The van der Waals surface area contributed by atoms with Gasteiger partial charge in [-0.25, -0.2) is 4.79 Å². The van der Waals surface area contributed by atoms with Crippen LogP contribution in [0, 0.1) is 5.41 Å². The topological polar surface area (TPSA) is 75.6 Å². The molecule has 1 saturated carbocycles. The average Bonchev–Trinajstić information content (AvgIpc) is 3.18. The van der Waals surface area contributed by atoms with Crippen LogP contribution in [0.2, 0.25) is 0 Å². The van der Waals surface area contributed by atoms with Gasteiger partial charge in [0.05, 0.1) is 12.5 Å². The summed E-state index contributed by atoms with van der Waals surface area (Å²) in [4.78, 5) is 25.0. The lowest BCUT2D eigenvalue weighted by molar-refractivity contribution is -0.143. The molecule has 1 fully saturated rings. The van der Waals surface area contributed by atoms with Crippen LogP contribution in [0.5, 0.6) is 5.75 Å². The first-order valence-corrected chi connectivity index (χ1v) is 9.73. The lowest BCUT2D eigenvalue weighted by Crippen LogP contribution is -2.49. The molecule has 0 saturated heterocycles. The number of ether oxygens (including phenoxy) is 1. The molecule has 1 amide bonds. The van der Waals surface area contributed by atoms with Crippen LogP contribution in [-0.4, -0.2) is 30.1 Å². The molecule has 0 heterocycles. The molecule has 5 nitrogen and oxygen atoms in total. The maximum absolute atomic E-state index is 13.2. The Labute approximate surface area is 165 Å². The van der Waals surface area contributed by atoms with E-state index in [2.05, 4.69) is 5.32 Å². The van der Waals surface area contributed by atoms with Crippen molar-refractivity contribution in [1.82, 2.24) is 5.32 Å². The van der Waals surface area contributed by atoms with E-state index in [1.54, 1.807) is 7.11 Å². The summed E-state index contributed by atoms with van der Waals surface area (Å²) in [6, 6.07) is 16.2. The number of aliphatic carboxylic acids is 1. The zero-order valence-electron chi connectivity index (χ0n) is 16.2. The smallest absolute Gasteiger partial charge is 0.326 e. The fraction of sp³-hybridized carbons (Fsp3) is 0.391. The van der Waals surface area contributed by atoms with Crippen LogP contribution >= 0.6 is 0 Å². The van der Waals surface area contributed by atoms with Gasteiger partial charge in [-0.2, -0.15) is 0 Å². The van der Waals surface area contributed by atoms with Crippen molar-refractivity contribution in [2.24, 2.45) is 5.41 Å². The quantitative estimate of drug-likeness (QED) is 0.732. The number of carbonyl (C=O) groups excluding carboxylic acids is 1. The zero-order chi connectivity index (χ0) is 20.0. The van der Waals surface area contributed by atoms with Gasteiger partial charge in [-0.1, -0.05) is 55.3 Å². The highest BCUT2D eigenvalue weighted by Gasteiger charge is 2.42. The summed E-state index contributed by atoms with van der Waals surface area (Å²) in [6.07, 6.45) is 4.42. The van der Waals surface area contributed by atoms with E-state index in [4.69, 9.17) is 4.74 Å². The van der Waals surface area contributed by atoms with E-state index in [9.17, 15) is 14.7 Å². The molecule has 2 aromatic rings. The molecule has 0 spiro atoms. The molecule has 1 aliphatic carbocycles. The number of hydrogen-bond acceptors (Lipinski definition) is 3. The normalized spacial score (nSPS) is 16.3. The number of methoxy groups -OCH3 is 1. The minimum absolute atomic E-state index is 0.149. The number of nitrogens with one attached hydrogen (secondary N) is 1. The minimum atomic E-state index is -1.00. The molecule has 0 aliphatic heterocycles. The second-order valence-corrected chi connectivity index (χ2v) is 7.57. The molecular weight excluding hydrogens is 354 g/mol. The number of hydrogen-bond donors (Lipinski definition) is 2. The number of benzene rings is 2. The summed E-state index contributed by atoms with van der Waals surface area (Å²) in [6.45, 7) is 0. The molecule has 5 heteroatoms. The van der Waals surface area contributed by atoms with Gasteiger partial charge >= 0.3 is 5.97 Å². The zero-order valence-corrected chi connectivity index (χ0v) is 16.2. The first-order valence-electron chi connectivity index (χ1n) is 9.73. The summed E-state index contributed by atoms with van der Waals surface area (Å²) in [7, 11) is 1.62. The lowest BCUT2D eigenvalue weighted by Gasteiger charge is -2.29. The van der Waals surface area contributed by atoms with Gasteiger partial charge in [0.15, 0.2) is 0 Å². The third-order valence-corrected chi connectivity index (χ3v) is 5.63. The number of carbonyl (C=O) groups is 2. The fourth-order valence-electron chi connectivity index (χ4n) is 4.03.